The molecule has 1 atom stereocenters. The number of Topliss-reactive ketones (excluding diaryl/α,β-unsaturated/α-hetero) is 1. The van der Waals surface area contributed by atoms with Gasteiger partial charge in [-0.2, -0.15) is 79.0 Å². The highest BCUT2D eigenvalue weighted by molar-refractivity contribution is 7.98. The zero-order valence-corrected chi connectivity index (χ0v) is 19.2. The van der Waals surface area contributed by atoms with E-state index in [2.05, 4.69) is 0 Å². The lowest BCUT2D eigenvalue weighted by Gasteiger charge is -2.41. The van der Waals surface area contributed by atoms with Crippen LogP contribution in [-0.4, -0.2) is 70.4 Å². The molecule has 2 aliphatic rings. The van der Waals surface area contributed by atoms with Gasteiger partial charge in [-0.3, -0.25) is 4.79 Å². The summed E-state index contributed by atoms with van der Waals surface area (Å²) in [5.41, 5.74) is 0. The van der Waals surface area contributed by atoms with E-state index in [-0.39, 0.29) is 0 Å². The molecule has 2 fully saturated rings. The van der Waals surface area contributed by atoms with Crippen LogP contribution in [0.1, 0.15) is 38.5 Å². The maximum Gasteiger partial charge on any atom is 0.460 e. The Balaban J connectivity index is 0.000000491. The van der Waals surface area contributed by atoms with E-state index in [0.717, 1.165) is 12.8 Å². The Morgan fingerprint density at radius 1 is 0.474 bits per heavy atom. The summed E-state index contributed by atoms with van der Waals surface area (Å²) in [5.74, 6) is -47.7. The molecular weight excluding hydrogens is 606 g/mol. The molecule has 0 aromatic carbocycles. The van der Waals surface area contributed by atoms with E-state index in [1.54, 1.807) is 0 Å². The fourth-order valence-electron chi connectivity index (χ4n) is 3.41. The molecule has 1 saturated heterocycles. The van der Waals surface area contributed by atoms with Crippen LogP contribution in [0.3, 0.4) is 0 Å². The van der Waals surface area contributed by atoms with Crippen molar-refractivity contribution in [1.82, 2.24) is 0 Å². The molecule has 38 heavy (non-hydrogen) atoms. The van der Waals surface area contributed by atoms with Gasteiger partial charge in [-0.25, -0.2) is 0 Å². The van der Waals surface area contributed by atoms with Gasteiger partial charge in [-0.05, 0) is 36.6 Å². The van der Waals surface area contributed by atoms with Crippen molar-refractivity contribution in [3.05, 3.63) is 0 Å². The Kier molecular flexibility index (Phi) is 9.73. The summed E-state index contributed by atoms with van der Waals surface area (Å²) in [6.07, 6.45) is -8.29. The number of halogens is 18. The topological polar surface area (TPSA) is 17.1 Å². The van der Waals surface area contributed by atoms with E-state index in [0.29, 0.717) is 21.9 Å². The maximum atomic E-state index is 12.8. The Labute approximate surface area is 204 Å². The fraction of sp³-hybridized carbons (Fsp3) is 0.944. The summed E-state index contributed by atoms with van der Waals surface area (Å²) in [6, 6.07) is 0. The van der Waals surface area contributed by atoms with Gasteiger partial charge in [0, 0.05) is 12.8 Å². The predicted molar refractivity (Wildman–Crippen MR) is 95.4 cm³/mol. The molecule has 0 spiro atoms. The summed E-state index contributed by atoms with van der Waals surface area (Å²) in [7, 11) is 0.507. The molecule has 0 aromatic heterocycles. The predicted octanol–water partition coefficient (Wildman–Crippen LogP) is 7.83. The van der Waals surface area contributed by atoms with Crippen LogP contribution >= 0.6 is 0 Å². The Bertz CT molecular complexity index is 776. The van der Waals surface area contributed by atoms with E-state index in [9.17, 15) is 83.8 Å². The molecular formula is C18H17F18OS+. The summed E-state index contributed by atoms with van der Waals surface area (Å²) in [4.78, 5) is 11.6. The van der Waals surface area contributed by atoms with Crippen LogP contribution in [0.2, 0.25) is 0 Å². The Morgan fingerprint density at radius 2 is 0.789 bits per heavy atom. The lowest BCUT2D eigenvalue weighted by Crippen LogP contribution is -2.74. The molecule has 0 aromatic rings. The third-order valence-electron chi connectivity index (χ3n) is 5.65. The van der Waals surface area contributed by atoms with Gasteiger partial charge in [0.25, 0.3) is 0 Å². The minimum absolute atomic E-state index is 0.501. The van der Waals surface area contributed by atoms with Gasteiger partial charge >= 0.3 is 47.9 Å². The average Bonchev–Trinajstić information content (AvgIpc) is 3.26. The van der Waals surface area contributed by atoms with Gasteiger partial charge < -0.3 is 0 Å². The number of hydrogen-bond donors (Lipinski definition) is 0. The minimum Gasteiger partial charge on any atom is -0.294 e. The summed E-state index contributed by atoms with van der Waals surface area (Å²) in [6.45, 7) is 0. The van der Waals surface area contributed by atoms with Crippen molar-refractivity contribution in [2.45, 2.75) is 91.7 Å². The van der Waals surface area contributed by atoms with Gasteiger partial charge in [0.2, 0.25) is 0 Å². The monoisotopic (exact) mass is 623 g/mol. The van der Waals surface area contributed by atoms with Crippen molar-refractivity contribution in [2.75, 3.05) is 11.5 Å². The molecule has 1 saturated carbocycles. The van der Waals surface area contributed by atoms with Crippen molar-refractivity contribution in [2.24, 2.45) is 0 Å². The van der Waals surface area contributed by atoms with E-state index in [1.165, 1.54) is 37.2 Å². The van der Waals surface area contributed by atoms with Gasteiger partial charge in [0.15, 0.2) is 11.0 Å². The van der Waals surface area contributed by atoms with E-state index in [1.807, 2.05) is 0 Å². The average molecular weight is 623 g/mol. The van der Waals surface area contributed by atoms with Crippen LogP contribution < -0.4 is 0 Å². The van der Waals surface area contributed by atoms with Crippen LogP contribution in [0.15, 0.2) is 0 Å². The lowest BCUT2D eigenvalue weighted by atomic mass is 9.91. The quantitative estimate of drug-likeness (QED) is 0.218. The van der Waals surface area contributed by atoms with Crippen molar-refractivity contribution >= 4 is 16.7 Å². The first kappa shape index (κ1) is 34.8. The zero-order chi connectivity index (χ0) is 30.4. The first-order valence-corrected chi connectivity index (χ1v) is 11.8. The molecule has 1 nitrogen and oxygen atoms in total. The fourth-order valence-corrected chi connectivity index (χ4v) is 6.32. The van der Waals surface area contributed by atoms with Crippen LogP contribution in [0.4, 0.5) is 79.0 Å². The normalized spacial score (nSPS) is 21.8. The largest absolute Gasteiger partial charge is 0.460 e. The molecule has 0 bridgehead atoms. The second-order valence-electron chi connectivity index (χ2n) is 8.30. The molecule has 20 heteroatoms. The first-order chi connectivity index (χ1) is 16.6. The Hall–Kier alpha value is -1.24. The van der Waals surface area contributed by atoms with Crippen LogP contribution in [0.25, 0.3) is 0 Å². The molecule has 2 rings (SSSR count). The molecule has 226 valence electrons. The number of rotatable bonds is 6. The van der Waals surface area contributed by atoms with Crippen molar-refractivity contribution < 1.29 is 83.8 Å². The molecule has 0 N–H and O–H groups in total. The molecule has 1 unspecified atom stereocenters. The molecule has 0 radical (unpaired) electrons. The number of ketones is 1. The Morgan fingerprint density at radius 3 is 1.08 bits per heavy atom. The maximum absolute atomic E-state index is 12.8. The SMILES string of the molecule is FC(F)(F)C(F)(F)C(F)(F)C(F)(F)C(F)(F)C(F)(F)C(F)(F)C(F)(F)F.O=C1CCCCC1[S+]1CCCC1. The van der Waals surface area contributed by atoms with Gasteiger partial charge in [-0.15, -0.1) is 0 Å². The number of alkyl halides is 18. The highest BCUT2D eigenvalue weighted by Crippen LogP contribution is 2.64. The van der Waals surface area contributed by atoms with E-state index in [4.69, 9.17) is 0 Å². The molecule has 1 aliphatic heterocycles. The van der Waals surface area contributed by atoms with Crippen molar-refractivity contribution in [3.63, 3.8) is 0 Å². The second-order valence-corrected chi connectivity index (χ2v) is 10.8. The van der Waals surface area contributed by atoms with Gasteiger partial charge in [0.05, 0.1) is 0 Å². The van der Waals surface area contributed by atoms with E-state index < -0.39 is 47.9 Å². The highest BCUT2D eigenvalue weighted by Gasteiger charge is 2.95. The number of hydrogen-bond acceptors (Lipinski definition) is 1. The van der Waals surface area contributed by atoms with Crippen LogP contribution in [0, 0.1) is 0 Å². The van der Waals surface area contributed by atoms with Gasteiger partial charge in [-0.1, -0.05) is 0 Å². The van der Waals surface area contributed by atoms with Crippen LogP contribution in [-0.2, 0) is 15.7 Å². The minimum atomic E-state index is -8.72. The van der Waals surface area contributed by atoms with Crippen molar-refractivity contribution in [1.29, 1.82) is 0 Å². The lowest BCUT2D eigenvalue weighted by molar-refractivity contribution is -0.468. The molecule has 0 amide bonds. The first-order valence-electron chi connectivity index (χ1n) is 10.2. The zero-order valence-electron chi connectivity index (χ0n) is 18.4. The van der Waals surface area contributed by atoms with E-state index >= 15 is 0 Å². The number of carbonyl (C=O) groups excluding carboxylic acids is 1. The third kappa shape index (κ3) is 5.65. The summed E-state index contributed by atoms with van der Waals surface area (Å²) >= 11 is 0. The summed E-state index contributed by atoms with van der Waals surface area (Å²) in [5, 5.41) is 0.501. The second kappa shape index (κ2) is 10.6. The smallest absolute Gasteiger partial charge is 0.294 e. The van der Waals surface area contributed by atoms with Crippen molar-refractivity contribution in [3.8, 4) is 0 Å². The third-order valence-corrected chi connectivity index (χ3v) is 8.58. The number of carbonyl (C=O) groups is 1. The molecule has 1 heterocycles. The molecule has 1 aliphatic carbocycles. The van der Waals surface area contributed by atoms with Crippen LogP contribution in [0.5, 0.6) is 0 Å². The summed E-state index contributed by atoms with van der Waals surface area (Å²) < 4.78 is 221. The van der Waals surface area contributed by atoms with Gasteiger partial charge in [0.1, 0.15) is 11.5 Å². The standard InChI is InChI=1S/C10H17OS.C8F18/c11-9-5-1-2-6-10(9)12-7-3-4-8-12;9-1(10,3(13,14)5(17,18)7(21,22)23)2(11,12)4(15,16)6(19,20)8(24,25)26/h10H,1-8H2;/q+1;. The highest BCUT2D eigenvalue weighted by atomic mass is 32.2.